The van der Waals surface area contributed by atoms with E-state index >= 15 is 0 Å². The van der Waals surface area contributed by atoms with Gasteiger partial charge in [-0.2, -0.15) is 0 Å². The summed E-state index contributed by atoms with van der Waals surface area (Å²) in [5, 5.41) is 10.5. The first-order chi connectivity index (χ1) is 10.9. The van der Waals surface area contributed by atoms with Crippen molar-refractivity contribution in [3.8, 4) is 5.75 Å². The van der Waals surface area contributed by atoms with E-state index in [9.17, 15) is 9.90 Å². The summed E-state index contributed by atoms with van der Waals surface area (Å²) in [6, 6.07) is 4.88. The molecule has 128 valence electrons. The van der Waals surface area contributed by atoms with Crippen LogP contribution >= 0.6 is 11.6 Å². The molecular weight excluding hydrogens is 320 g/mol. The smallest absolute Gasteiger partial charge is 0.257 e. The average molecular weight is 343 g/mol. The Bertz CT molecular complexity index is 553. The Hall–Kier alpha value is -1.34. The van der Waals surface area contributed by atoms with Gasteiger partial charge < -0.3 is 25.2 Å². The number of nitrogens with zero attached hydrogens (tertiary/aromatic N) is 1. The summed E-state index contributed by atoms with van der Waals surface area (Å²) in [6.45, 7) is 5.01. The molecular formula is C16H23ClN2O4. The van der Waals surface area contributed by atoms with E-state index in [2.05, 4.69) is 0 Å². The third-order valence-corrected chi connectivity index (χ3v) is 3.75. The highest BCUT2D eigenvalue weighted by Gasteiger charge is 2.36. The van der Waals surface area contributed by atoms with Gasteiger partial charge in [-0.15, -0.1) is 0 Å². The van der Waals surface area contributed by atoms with Crippen molar-refractivity contribution in [3.63, 3.8) is 0 Å². The fraction of sp³-hybridized carbons (Fsp3) is 0.562. The first-order valence-electron chi connectivity index (χ1n) is 7.67. The molecule has 0 bridgehead atoms. The van der Waals surface area contributed by atoms with Crippen molar-refractivity contribution in [2.75, 3.05) is 26.2 Å². The van der Waals surface area contributed by atoms with Crippen LogP contribution in [0.1, 0.15) is 24.2 Å². The number of aliphatic hydroxyl groups excluding tert-OH is 1. The lowest BCUT2D eigenvalue weighted by atomic mass is 10.1. The van der Waals surface area contributed by atoms with Gasteiger partial charge in [-0.25, -0.2) is 0 Å². The molecule has 1 heterocycles. The molecule has 1 aromatic carbocycles. The van der Waals surface area contributed by atoms with E-state index in [4.69, 9.17) is 26.8 Å². The molecule has 1 fully saturated rings. The lowest BCUT2D eigenvalue weighted by Crippen LogP contribution is -2.31. The van der Waals surface area contributed by atoms with Crippen LogP contribution in [0.5, 0.6) is 5.75 Å². The largest absolute Gasteiger partial charge is 0.491 e. The van der Waals surface area contributed by atoms with Crippen LogP contribution in [0.4, 0.5) is 0 Å². The number of benzene rings is 1. The van der Waals surface area contributed by atoms with E-state index in [1.807, 2.05) is 13.8 Å². The highest BCUT2D eigenvalue weighted by atomic mass is 35.5. The van der Waals surface area contributed by atoms with Crippen LogP contribution in [0.2, 0.25) is 5.02 Å². The van der Waals surface area contributed by atoms with Crippen molar-refractivity contribution in [2.45, 2.75) is 32.2 Å². The second-order valence-electron chi connectivity index (χ2n) is 5.78. The zero-order valence-electron chi connectivity index (χ0n) is 13.4. The third-order valence-electron chi connectivity index (χ3n) is 3.52. The summed E-state index contributed by atoms with van der Waals surface area (Å²) in [6.07, 6.45) is -1.10. The van der Waals surface area contributed by atoms with Gasteiger partial charge in [0.2, 0.25) is 0 Å². The monoisotopic (exact) mass is 342 g/mol. The molecule has 6 nitrogen and oxygen atoms in total. The number of aliphatic hydroxyl groups is 1. The fourth-order valence-electron chi connectivity index (χ4n) is 2.54. The van der Waals surface area contributed by atoms with Crippen molar-refractivity contribution in [3.05, 3.63) is 28.8 Å². The minimum Gasteiger partial charge on any atom is -0.491 e. The van der Waals surface area contributed by atoms with Crippen molar-refractivity contribution in [1.29, 1.82) is 0 Å². The minimum absolute atomic E-state index is 0.0145. The third kappa shape index (κ3) is 4.57. The highest BCUT2D eigenvalue weighted by Crippen LogP contribution is 2.26. The summed E-state index contributed by atoms with van der Waals surface area (Å²) in [5.41, 5.74) is 5.81. The predicted molar refractivity (Wildman–Crippen MR) is 87.9 cm³/mol. The van der Waals surface area contributed by atoms with Gasteiger partial charge >= 0.3 is 0 Å². The Morgan fingerprint density at radius 1 is 1.48 bits per heavy atom. The maximum atomic E-state index is 12.7. The number of ether oxygens (including phenoxy) is 2. The number of β-amino-alcohol motifs (C(OH)–C–C–N with tert-alkyl or cyclic N) is 1. The Balaban J connectivity index is 2.15. The zero-order valence-corrected chi connectivity index (χ0v) is 14.1. The second kappa shape index (κ2) is 7.97. The van der Waals surface area contributed by atoms with Gasteiger partial charge in [0.15, 0.2) is 0 Å². The Kier molecular flexibility index (Phi) is 6.24. The lowest BCUT2D eigenvalue weighted by molar-refractivity contribution is -0.0394. The van der Waals surface area contributed by atoms with Crippen LogP contribution in [-0.4, -0.2) is 60.5 Å². The standard InChI is InChI=1S/C16H23ClN2O4/c1-10(2)23-15-9-19(8-13(15)20)16(21)12-7-11(17)3-4-14(12)22-6-5-18/h3-4,7,10,13,15,20H,5-6,8-9,18H2,1-2H3/t13-,15-/m0/s1. The minimum atomic E-state index is -0.700. The zero-order chi connectivity index (χ0) is 17.0. The summed E-state index contributed by atoms with van der Waals surface area (Å²) < 4.78 is 11.2. The second-order valence-corrected chi connectivity index (χ2v) is 6.21. The molecule has 2 atom stereocenters. The molecule has 0 radical (unpaired) electrons. The van der Waals surface area contributed by atoms with Crippen molar-refractivity contribution >= 4 is 17.5 Å². The molecule has 1 aromatic rings. The molecule has 0 saturated carbocycles. The van der Waals surface area contributed by atoms with Crippen molar-refractivity contribution in [2.24, 2.45) is 5.73 Å². The van der Waals surface area contributed by atoms with Crippen LogP contribution in [0.25, 0.3) is 0 Å². The number of hydrogen-bond donors (Lipinski definition) is 2. The number of halogens is 1. The fourth-order valence-corrected chi connectivity index (χ4v) is 2.71. The van der Waals surface area contributed by atoms with Gasteiger partial charge in [0.1, 0.15) is 18.5 Å². The van der Waals surface area contributed by atoms with Crippen LogP contribution < -0.4 is 10.5 Å². The first kappa shape index (κ1) is 18.0. The molecule has 23 heavy (non-hydrogen) atoms. The Morgan fingerprint density at radius 2 is 2.22 bits per heavy atom. The van der Waals surface area contributed by atoms with Gasteiger partial charge in [0.05, 0.1) is 17.8 Å². The summed E-state index contributed by atoms with van der Waals surface area (Å²) in [4.78, 5) is 14.3. The predicted octanol–water partition coefficient (Wildman–Crippen LogP) is 1.29. The normalized spacial score (nSPS) is 21.0. The molecule has 1 saturated heterocycles. The number of carbonyl (C=O) groups is 1. The van der Waals surface area contributed by atoms with E-state index in [1.165, 1.54) is 0 Å². The Morgan fingerprint density at radius 3 is 2.87 bits per heavy atom. The van der Waals surface area contributed by atoms with Crippen LogP contribution in [0.3, 0.4) is 0 Å². The lowest BCUT2D eigenvalue weighted by Gasteiger charge is -2.19. The van der Waals surface area contributed by atoms with Crippen LogP contribution in [-0.2, 0) is 4.74 Å². The molecule has 0 spiro atoms. The first-order valence-corrected chi connectivity index (χ1v) is 8.05. The van der Waals surface area contributed by atoms with Gasteiger partial charge in [0.25, 0.3) is 5.91 Å². The number of likely N-dealkylation sites (tertiary alicyclic amines) is 1. The molecule has 1 amide bonds. The van der Waals surface area contributed by atoms with E-state index in [0.29, 0.717) is 36.0 Å². The van der Waals surface area contributed by atoms with Gasteiger partial charge in [-0.3, -0.25) is 4.79 Å². The number of nitrogens with two attached hydrogens (primary N) is 1. The van der Waals surface area contributed by atoms with Crippen molar-refractivity contribution in [1.82, 2.24) is 4.90 Å². The molecule has 0 aromatic heterocycles. The quantitative estimate of drug-likeness (QED) is 0.813. The molecule has 0 unspecified atom stereocenters. The number of rotatable bonds is 6. The number of amides is 1. The summed E-state index contributed by atoms with van der Waals surface area (Å²) >= 11 is 6.00. The highest BCUT2D eigenvalue weighted by molar-refractivity contribution is 6.31. The molecule has 2 rings (SSSR count). The summed E-state index contributed by atoms with van der Waals surface area (Å²) in [5.74, 6) is 0.195. The number of hydrogen-bond acceptors (Lipinski definition) is 5. The summed E-state index contributed by atoms with van der Waals surface area (Å²) in [7, 11) is 0. The van der Waals surface area contributed by atoms with Gasteiger partial charge in [0, 0.05) is 24.7 Å². The molecule has 1 aliphatic rings. The number of carbonyl (C=O) groups excluding carboxylic acids is 1. The SMILES string of the molecule is CC(C)O[C@H]1CN(C(=O)c2cc(Cl)ccc2OCCN)C[C@@H]1O. The van der Waals surface area contributed by atoms with Crippen LogP contribution in [0, 0.1) is 0 Å². The van der Waals surface area contributed by atoms with E-state index in [1.54, 1.807) is 23.1 Å². The molecule has 0 aliphatic carbocycles. The topological polar surface area (TPSA) is 85.0 Å². The molecule has 1 aliphatic heterocycles. The van der Waals surface area contributed by atoms with Crippen molar-refractivity contribution < 1.29 is 19.4 Å². The van der Waals surface area contributed by atoms with E-state index in [0.717, 1.165) is 0 Å². The van der Waals surface area contributed by atoms with E-state index in [-0.39, 0.29) is 24.7 Å². The average Bonchev–Trinajstić information content (AvgIpc) is 2.85. The Labute approximate surface area is 141 Å². The van der Waals surface area contributed by atoms with Gasteiger partial charge in [-0.1, -0.05) is 11.6 Å². The van der Waals surface area contributed by atoms with Crippen LogP contribution in [0.15, 0.2) is 18.2 Å². The molecule has 7 heteroatoms. The van der Waals surface area contributed by atoms with Gasteiger partial charge in [-0.05, 0) is 32.0 Å². The van der Waals surface area contributed by atoms with E-state index < -0.39 is 6.10 Å². The molecule has 3 N–H and O–H groups in total. The maximum Gasteiger partial charge on any atom is 0.257 e. The maximum absolute atomic E-state index is 12.7.